The molecule has 1 heterocycles. The zero-order valence-corrected chi connectivity index (χ0v) is 13.3. The van der Waals surface area contributed by atoms with E-state index < -0.39 is 15.6 Å². The number of alkyl halides is 3. The van der Waals surface area contributed by atoms with Crippen LogP contribution in [0.25, 0.3) is 11.3 Å². The molecule has 1 aliphatic rings. The first-order chi connectivity index (χ1) is 11.3. The maximum atomic E-state index is 12.6. The largest absolute Gasteiger partial charge is 0.534 e. The molecule has 3 rings (SSSR count). The minimum atomic E-state index is -5.71. The van der Waals surface area contributed by atoms with Crippen LogP contribution in [0.4, 0.5) is 13.2 Å². The molecule has 1 aromatic heterocycles. The predicted octanol–water partition coefficient (Wildman–Crippen LogP) is 3.86. The highest BCUT2D eigenvalue weighted by molar-refractivity contribution is 7.88. The Morgan fingerprint density at radius 1 is 1.04 bits per heavy atom. The van der Waals surface area contributed by atoms with Gasteiger partial charge in [0.2, 0.25) is 0 Å². The van der Waals surface area contributed by atoms with Crippen LogP contribution >= 0.6 is 0 Å². The molecule has 128 valence electrons. The van der Waals surface area contributed by atoms with Gasteiger partial charge in [-0.05, 0) is 25.7 Å². The van der Waals surface area contributed by atoms with Gasteiger partial charge in [0.1, 0.15) is 5.75 Å². The van der Waals surface area contributed by atoms with Gasteiger partial charge in [0.25, 0.3) is 0 Å². The molecule has 0 atom stereocenters. The lowest BCUT2D eigenvalue weighted by Gasteiger charge is -2.20. The Hall–Kier alpha value is -2.09. The molecular formula is C16H14F3NO3S. The maximum Gasteiger partial charge on any atom is 0.534 e. The highest BCUT2D eigenvalue weighted by atomic mass is 32.2. The molecular weight excluding hydrogens is 343 g/mol. The van der Waals surface area contributed by atoms with Crippen LogP contribution in [0.1, 0.15) is 24.1 Å². The Morgan fingerprint density at radius 3 is 2.38 bits per heavy atom. The van der Waals surface area contributed by atoms with Crippen molar-refractivity contribution in [3.8, 4) is 17.0 Å². The van der Waals surface area contributed by atoms with Crippen molar-refractivity contribution in [3.63, 3.8) is 0 Å². The minimum absolute atomic E-state index is 0.282. The lowest BCUT2D eigenvalue weighted by atomic mass is 9.94. The van der Waals surface area contributed by atoms with Gasteiger partial charge in [-0.2, -0.15) is 21.6 Å². The van der Waals surface area contributed by atoms with Crippen molar-refractivity contribution >= 4 is 10.1 Å². The van der Waals surface area contributed by atoms with Gasteiger partial charge in [-0.25, -0.2) is 0 Å². The zero-order valence-electron chi connectivity index (χ0n) is 12.5. The highest BCUT2D eigenvalue weighted by Crippen LogP contribution is 2.35. The van der Waals surface area contributed by atoms with E-state index >= 15 is 0 Å². The molecule has 0 radical (unpaired) electrons. The van der Waals surface area contributed by atoms with Crippen LogP contribution in [-0.2, 0) is 23.0 Å². The molecule has 0 saturated heterocycles. The average Bonchev–Trinajstić information content (AvgIpc) is 2.54. The summed E-state index contributed by atoms with van der Waals surface area (Å²) in [4.78, 5) is 4.48. The van der Waals surface area contributed by atoms with Gasteiger partial charge >= 0.3 is 15.6 Å². The van der Waals surface area contributed by atoms with Crippen molar-refractivity contribution < 1.29 is 25.8 Å². The number of rotatable bonds is 3. The second kappa shape index (κ2) is 6.08. The van der Waals surface area contributed by atoms with Crippen molar-refractivity contribution in [2.45, 2.75) is 31.2 Å². The molecule has 24 heavy (non-hydrogen) atoms. The number of hydrogen-bond donors (Lipinski definition) is 0. The molecule has 0 saturated carbocycles. The summed E-state index contributed by atoms with van der Waals surface area (Å²) >= 11 is 0. The van der Waals surface area contributed by atoms with Crippen molar-refractivity contribution in [2.24, 2.45) is 0 Å². The van der Waals surface area contributed by atoms with Gasteiger partial charge < -0.3 is 4.18 Å². The number of pyridine rings is 1. The summed E-state index contributed by atoms with van der Waals surface area (Å²) in [6, 6.07) is 10.1. The number of benzene rings is 1. The smallest absolute Gasteiger partial charge is 0.376 e. The summed E-state index contributed by atoms with van der Waals surface area (Å²) in [6.45, 7) is 0. The Labute approximate surface area is 137 Å². The van der Waals surface area contributed by atoms with E-state index in [1.165, 1.54) is 6.07 Å². The van der Waals surface area contributed by atoms with Gasteiger partial charge in [0, 0.05) is 22.9 Å². The Balaban J connectivity index is 2.11. The van der Waals surface area contributed by atoms with Crippen molar-refractivity contribution in [1.82, 2.24) is 4.98 Å². The minimum Gasteiger partial charge on any atom is -0.376 e. The lowest BCUT2D eigenvalue weighted by molar-refractivity contribution is -0.0500. The van der Waals surface area contributed by atoms with Gasteiger partial charge in [0.05, 0.1) is 5.69 Å². The third-order valence-corrected chi connectivity index (χ3v) is 4.78. The lowest BCUT2D eigenvalue weighted by Crippen LogP contribution is -2.28. The second-order valence-corrected chi connectivity index (χ2v) is 7.03. The Morgan fingerprint density at radius 2 is 1.71 bits per heavy atom. The van der Waals surface area contributed by atoms with E-state index in [1.54, 1.807) is 30.3 Å². The van der Waals surface area contributed by atoms with E-state index in [4.69, 9.17) is 0 Å². The number of fused-ring (bicyclic) bond motifs is 1. The third-order valence-electron chi connectivity index (χ3n) is 3.81. The predicted molar refractivity (Wildman–Crippen MR) is 81.9 cm³/mol. The molecule has 1 aliphatic carbocycles. The van der Waals surface area contributed by atoms with E-state index in [9.17, 15) is 21.6 Å². The van der Waals surface area contributed by atoms with Gasteiger partial charge in [-0.3, -0.25) is 4.98 Å². The standard InChI is InChI=1S/C16H14F3NO3S/c17-16(18,19)24(21,22)23-15-10-14(11-6-2-1-3-7-11)20-13-9-5-4-8-12(13)15/h1-3,6-7,10H,4-5,8-9H2. The quantitative estimate of drug-likeness (QED) is 0.618. The number of aryl methyl sites for hydroxylation is 1. The van der Waals surface area contributed by atoms with Crippen LogP contribution < -0.4 is 4.18 Å². The Bertz CT molecular complexity index is 849. The summed E-state index contributed by atoms with van der Waals surface area (Å²) in [6.07, 6.45) is 2.63. The molecule has 0 aliphatic heterocycles. The van der Waals surface area contributed by atoms with Gasteiger partial charge in [-0.1, -0.05) is 30.3 Å². The monoisotopic (exact) mass is 357 g/mol. The summed E-state index contributed by atoms with van der Waals surface area (Å²) in [5.74, 6) is -0.282. The molecule has 8 heteroatoms. The van der Waals surface area contributed by atoms with E-state index in [2.05, 4.69) is 9.17 Å². The SMILES string of the molecule is O=S(=O)(Oc1cc(-c2ccccc2)nc2c1CCCC2)C(F)(F)F. The van der Waals surface area contributed by atoms with E-state index in [0.717, 1.165) is 12.8 Å². The first-order valence-corrected chi connectivity index (χ1v) is 8.78. The first-order valence-electron chi connectivity index (χ1n) is 7.37. The van der Waals surface area contributed by atoms with Crippen LogP contribution in [0, 0.1) is 0 Å². The topological polar surface area (TPSA) is 56.3 Å². The maximum absolute atomic E-state index is 12.6. The fourth-order valence-electron chi connectivity index (χ4n) is 2.66. The van der Waals surface area contributed by atoms with Crippen LogP contribution in [0.3, 0.4) is 0 Å². The number of halogens is 3. The summed E-state index contributed by atoms with van der Waals surface area (Å²) < 4.78 is 65.1. The normalized spacial score (nSPS) is 15.0. The van der Waals surface area contributed by atoms with Crippen LogP contribution in [-0.4, -0.2) is 18.9 Å². The van der Waals surface area contributed by atoms with Crippen molar-refractivity contribution in [3.05, 3.63) is 47.7 Å². The van der Waals surface area contributed by atoms with Crippen molar-refractivity contribution in [1.29, 1.82) is 0 Å². The average molecular weight is 357 g/mol. The number of hydrogen-bond acceptors (Lipinski definition) is 4. The molecule has 0 fully saturated rings. The molecule has 0 N–H and O–H groups in total. The van der Waals surface area contributed by atoms with Crippen LogP contribution in [0.5, 0.6) is 5.75 Å². The molecule has 2 aromatic rings. The van der Waals surface area contributed by atoms with E-state index in [-0.39, 0.29) is 5.75 Å². The highest BCUT2D eigenvalue weighted by Gasteiger charge is 2.49. The van der Waals surface area contributed by atoms with E-state index in [1.807, 2.05) is 0 Å². The molecule has 4 nitrogen and oxygen atoms in total. The van der Waals surface area contributed by atoms with Crippen molar-refractivity contribution in [2.75, 3.05) is 0 Å². The number of aromatic nitrogens is 1. The third kappa shape index (κ3) is 3.24. The van der Waals surface area contributed by atoms with Gasteiger partial charge in [0.15, 0.2) is 0 Å². The first kappa shape index (κ1) is 16.8. The molecule has 0 spiro atoms. The van der Waals surface area contributed by atoms with Gasteiger partial charge in [-0.15, -0.1) is 0 Å². The summed E-state index contributed by atoms with van der Waals surface area (Å²) in [7, 11) is -5.71. The van der Waals surface area contributed by atoms with Crippen LogP contribution in [0.15, 0.2) is 36.4 Å². The fourth-order valence-corrected chi connectivity index (χ4v) is 3.14. The van der Waals surface area contributed by atoms with Crippen LogP contribution in [0.2, 0.25) is 0 Å². The summed E-state index contributed by atoms with van der Waals surface area (Å²) in [5.41, 5.74) is -3.36. The second-order valence-electron chi connectivity index (χ2n) is 5.49. The molecule has 0 amide bonds. The molecule has 0 bridgehead atoms. The molecule has 0 unspecified atom stereocenters. The summed E-state index contributed by atoms with van der Waals surface area (Å²) in [5, 5.41) is 0. The fraction of sp³-hybridized carbons (Fsp3) is 0.312. The zero-order chi connectivity index (χ0) is 17.4. The van der Waals surface area contributed by atoms with E-state index in [0.29, 0.717) is 35.4 Å². The molecule has 1 aromatic carbocycles. The Kier molecular flexibility index (Phi) is 4.25. The number of nitrogens with zero attached hydrogens (tertiary/aromatic N) is 1.